The number of carbonyl (C=O) groups is 1. The third kappa shape index (κ3) is 5.75. The Kier molecular flexibility index (Phi) is 6.77. The number of thiophene rings is 1. The van der Waals surface area contributed by atoms with Gasteiger partial charge in [0.25, 0.3) is 0 Å². The van der Waals surface area contributed by atoms with E-state index in [1.54, 1.807) is 57.5 Å². The van der Waals surface area contributed by atoms with E-state index in [1.165, 1.54) is 11.3 Å². The maximum absolute atomic E-state index is 12.3. The van der Waals surface area contributed by atoms with Gasteiger partial charge in [0.15, 0.2) is 0 Å². The van der Waals surface area contributed by atoms with Crippen molar-refractivity contribution in [2.24, 2.45) is 0 Å². The minimum absolute atomic E-state index is 0.409. The van der Waals surface area contributed by atoms with E-state index in [0.717, 1.165) is 21.0 Å². The molecule has 4 rings (SSSR count). The Balaban J connectivity index is 1.75. The second-order valence-electron chi connectivity index (χ2n) is 9.56. The number of halogens is 1. The number of hydrogen-bond acceptors (Lipinski definition) is 6. The Morgan fingerprint density at radius 3 is 2.31 bits per heavy atom. The fourth-order valence-electron chi connectivity index (χ4n) is 3.40. The van der Waals surface area contributed by atoms with Crippen LogP contribution in [0.25, 0.3) is 26.7 Å². The maximum atomic E-state index is 12.3. The van der Waals surface area contributed by atoms with Crippen LogP contribution in [0.2, 0.25) is 5.02 Å². The average molecular weight is 511 g/mol. The molecule has 2 aromatic carbocycles. The van der Waals surface area contributed by atoms with E-state index in [-0.39, 0.29) is 0 Å². The van der Waals surface area contributed by atoms with Crippen LogP contribution in [0, 0.1) is 0 Å². The quantitative estimate of drug-likeness (QED) is 0.223. The summed E-state index contributed by atoms with van der Waals surface area (Å²) in [6, 6.07) is 20.5. The van der Waals surface area contributed by atoms with Gasteiger partial charge in [0.05, 0.1) is 27.0 Å². The van der Waals surface area contributed by atoms with Gasteiger partial charge in [-0.15, -0.1) is 11.3 Å². The number of para-hydroxylation sites is 2. The topological polar surface area (TPSA) is 73.6 Å². The first kappa shape index (κ1) is 25.0. The Hall–Kier alpha value is -3.13. The van der Waals surface area contributed by atoms with Gasteiger partial charge in [-0.05, 0) is 77.1 Å². The number of benzene rings is 2. The lowest BCUT2D eigenvalue weighted by Gasteiger charge is -2.19. The molecule has 0 aliphatic rings. The standard InChI is InChI=1S/C27H27ClN2O4S/c1-26(2,3)34-25(31)33-21-13-9-6-10-17(21)22-14-15-23(35-22)20-16-24(27(4,5)32)29-30(20)19-12-8-7-11-18(19)28/h6-16,32H,1-5H3. The Morgan fingerprint density at radius 1 is 0.971 bits per heavy atom. The minimum atomic E-state index is -1.13. The molecule has 8 heteroatoms. The van der Waals surface area contributed by atoms with Gasteiger partial charge >= 0.3 is 6.16 Å². The molecule has 1 N–H and O–H groups in total. The molecule has 35 heavy (non-hydrogen) atoms. The number of nitrogens with zero attached hydrogens (tertiary/aromatic N) is 2. The molecule has 0 atom stereocenters. The summed E-state index contributed by atoms with van der Waals surface area (Å²) in [6.45, 7) is 8.75. The van der Waals surface area contributed by atoms with E-state index in [0.29, 0.717) is 22.2 Å². The summed E-state index contributed by atoms with van der Waals surface area (Å²) in [4.78, 5) is 14.1. The third-order valence-electron chi connectivity index (χ3n) is 5.01. The molecule has 0 bridgehead atoms. The van der Waals surface area contributed by atoms with Crippen LogP contribution in [0.1, 0.15) is 40.3 Å². The van der Waals surface area contributed by atoms with Crippen molar-refractivity contribution >= 4 is 29.1 Å². The van der Waals surface area contributed by atoms with Crippen molar-refractivity contribution in [2.45, 2.75) is 45.8 Å². The van der Waals surface area contributed by atoms with Crippen molar-refractivity contribution in [3.63, 3.8) is 0 Å². The Bertz CT molecular complexity index is 1360. The summed E-state index contributed by atoms with van der Waals surface area (Å²) in [5.74, 6) is 0.409. The Labute approximate surface area is 213 Å². The molecule has 0 saturated heterocycles. The molecule has 6 nitrogen and oxygen atoms in total. The van der Waals surface area contributed by atoms with E-state index in [4.69, 9.17) is 21.1 Å². The van der Waals surface area contributed by atoms with Gasteiger partial charge in [-0.25, -0.2) is 9.48 Å². The number of carbonyl (C=O) groups excluding carboxylic acids is 1. The highest BCUT2D eigenvalue weighted by Crippen LogP contribution is 2.40. The molecule has 2 aromatic heterocycles. The molecular weight excluding hydrogens is 484 g/mol. The predicted molar refractivity (Wildman–Crippen MR) is 139 cm³/mol. The van der Waals surface area contributed by atoms with Crippen LogP contribution in [-0.4, -0.2) is 26.6 Å². The molecule has 182 valence electrons. The van der Waals surface area contributed by atoms with Gasteiger partial charge in [-0.1, -0.05) is 35.9 Å². The second-order valence-corrected chi connectivity index (χ2v) is 11.1. The van der Waals surface area contributed by atoms with E-state index in [9.17, 15) is 9.90 Å². The summed E-state index contributed by atoms with van der Waals surface area (Å²) >= 11 is 7.99. The molecule has 0 saturated carbocycles. The third-order valence-corrected chi connectivity index (χ3v) is 6.47. The highest BCUT2D eigenvalue weighted by Gasteiger charge is 2.25. The molecule has 0 aliphatic carbocycles. The van der Waals surface area contributed by atoms with Crippen LogP contribution in [-0.2, 0) is 10.3 Å². The van der Waals surface area contributed by atoms with Crippen LogP contribution >= 0.6 is 22.9 Å². The minimum Gasteiger partial charge on any atom is -0.428 e. The van der Waals surface area contributed by atoms with Crippen molar-refractivity contribution in [3.05, 3.63) is 77.4 Å². The number of ether oxygens (including phenoxy) is 2. The van der Waals surface area contributed by atoms with Crippen molar-refractivity contribution in [2.75, 3.05) is 0 Å². The number of aromatic nitrogens is 2. The second kappa shape index (κ2) is 9.49. The summed E-state index contributed by atoms with van der Waals surface area (Å²) in [5, 5.41) is 15.8. The zero-order valence-corrected chi connectivity index (χ0v) is 21.8. The summed E-state index contributed by atoms with van der Waals surface area (Å²) < 4.78 is 12.6. The smallest absolute Gasteiger partial charge is 0.428 e. The van der Waals surface area contributed by atoms with Crippen LogP contribution in [0.15, 0.2) is 66.7 Å². The predicted octanol–water partition coefficient (Wildman–Crippen LogP) is 7.46. The lowest BCUT2D eigenvalue weighted by molar-refractivity contribution is 0.0207. The number of hydrogen-bond donors (Lipinski definition) is 1. The zero-order chi connectivity index (χ0) is 25.4. The van der Waals surface area contributed by atoms with Crippen molar-refractivity contribution in [1.29, 1.82) is 0 Å². The molecule has 0 aliphatic heterocycles. The molecule has 0 fully saturated rings. The van der Waals surface area contributed by atoms with Gasteiger partial charge in [0, 0.05) is 10.4 Å². The van der Waals surface area contributed by atoms with Gasteiger partial charge < -0.3 is 14.6 Å². The van der Waals surface area contributed by atoms with Crippen LogP contribution in [0.4, 0.5) is 4.79 Å². The number of aliphatic hydroxyl groups is 1. The fourth-order valence-corrected chi connectivity index (χ4v) is 4.66. The molecule has 2 heterocycles. The lowest BCUT2D eigenvalue weighted by Crippen LogP contribution is -2.26. The Morgan fingerprint density at radius 2 is 1.63 bits per heavy atom. The van der Waals surface area contributed by atoms with E-state index in [2.05, 4.69) is 5.10 Å². The maximum Gasteiger partial charge on any atom is 0.514 e. The monoisotopic (exact) mass is 510 g/mol. The van der Waals surface area contributed by atoms with E-state index in [1.807, 2.05) is 48.5 Å². The lowest BCUT2D eigenvalue weighted by atomic mass is 10.1. The molecule has 0 amide bonds. The van der Waals surface area contributed by atoms with Gasteiger partial charge in [-0.3, -0.25) is 0 Å². The van der Waals surface area contributed by atoms with Crippen LogP contribution in [0.3, 0.4) is 0 Å². The molecule has 0 spiro atoms. The van der Waals surface area contributed by atoms with Gasteiger partial charge in [0.1, 0.15) is 17.0 Å². The molecular formula is C27H27ClN2O4S. The first-order chi connectivity index (χ1) is 16.4. The average Bonchev–Trinajstić information content (AvgIpc) is 3.40. The summed E-state index contributed by atoms with van der Waals surface area (Å²) in [7, 11) is 0. The molecule has 4 aromatic rings. The van der Waals surface area contributed by atoms with E-state index < -0.39 is 17.4 Å². The van der Waals surface area contributed by atoms with Crippen molar-refractivity contribution in [1.82, 2.24) is 9.78 Å². The summed E-state index contributed by atoms with van der Waals surface area (Å²) in [5.41, 5.74) is 1.00. The fraction of sp³-hybridized carbons (Fsp3) is 0.259. The molecule has 0 unspecified atom stereocenters. The largest absolute Gasteiger partial charge is 0.514 e. The molecule has 0 radical (unpaired) electrons. The zero-order valence-electron chi connectivity index (χ0n) is 20.2. The normalized spacial score (nSPS) is 12.0. The highest BCUT2D eigenvalue weighted by molar-refractivity contribution is 7.18. The van der Waals surface area contributed by atoms with Crippen LogP contribution in [0.5, 0.6) is 5.75 Å². The van der Waals surface area contributed by atoms with Gasteiger partial charge in [0.2, 0.25) is 0 Å². The van der Waals surface area contributed by atoms with Crippen molar-refractivity contribution in [3.8, 4) is 32.4 Å². The SMILES string of the molecule is CC(C)(C)OC(=O)Oc1ccccc1-c1ccc(-c2cc(C(C)(C)O)nn2-c2ccccc2Cl)s1. The van der Waals surface area contributed by atoms with Crippen molar-refractivity contribution < 1.29 is 19.4 Å². The summed E-state index contributed by atoms with van der Waals surface area (Å²) in [6.07, 6.45) is -0.756. The van der Waals surface area contributed by atoms with Gasteiger partial charge in [-0.2, -0.15) is 5.10 Å². The first-order valence-electron chi connectivity index (χ1n) is 11.1. The van der Waals surface area contributed by atoms with Crippen LogP contribution < -0.4 is 4.74 Å². The first-order valence-corrected chi connectivity index (χ1v) is 12.3. The van der Waals surface area contributed by atoms with E-state index >= 15 is 0 Å². The number of rotatable bonds is 5. The highest BCUT2D eigenvalue weighted by atomic mass is 35.5.